The van der Waals surface area contributed by atoms with Gasteiger partial charge in [-0.3, -0.25) is 4.79 Å². The van der Waals surface area contributed by atoms with Gasteiger partial charge in [0.05, 0.1) is 18.8 Å². The summed E-state index contributed by atoms with van der Waals surface area (Å²) in [5.74, 6) is -0.0121. The first-order chi connectivity index (χ1) is 15.8. The van der Waals surface area contributed by atoms with Gasteiger partial charge >= 0.3 is 0 Å². The van der Waals surface area contributed by atoms with Crippen LogP contribution in [0, 0.1) is 5.92 Å². The average Bonchev–Trinajstić information content (AvgIpc) is 3.63. The van der Waals surface area contributed by atoms with Gasteiger partial charge in [0.25, 0.3) is 0 Å². The summed E-state index contributed by atoms with van der Waals surface area (Å²) in [7, 11) is 0. The van der Waals surface area contributed by atoms with Gasteiger partial charge in [0.15, 0.2) is 0 Å². The van der Waals surface area contributed by atoms with E-state index < -0.39 is 12.0 Å². The molecule has 0 radical (unpaired) electrons. The van der Waals surface area contributed by atoms with Gasteiger partial charge in [-0.25, -0.2) is 0 Å². The lowest BCUT2D eigenvalue weighted by Crippen LogP contribution is -2.46. The molecule has 4 N–H and O–H groups in total. The second-order valence-electron chi connectivity index (χ2n) is 9.86. The number of aliphatic hydroxyl groups is 1. The van der Waals surface area contributed by atoms with Crippen LogP contribution >= 0.6 is 0 Å². The van der Waals surface area contributed by atoms with E-state index in [1.807, 2.05) is 18.2 Å². The summed E-state index contributed by atoms with van der Waals surface area (Å²) in [6.45, 7) is 4.98. The van der Waals surface area contributed by atoms with Crippen molar-refractivity contribution in [2.45, 2.75) is 50.9 Å². The number of hydrogen-bond donors (Lipinski definition) is 3. The summed E-state index contributed by atoms with van der Waals surface area (Å²) in [6.07, 6.45) is 2.30. The fourth-order valence-corrected chi connectivity index (χ4v) is 4.36. The van der Waals surface area contributed by atoms with Crippen LogP contribution in [0.25, 0.3) is 10.8 Å². The molecule has 5 heteroatoms. The van der Waals surface area contributed by atoms with Crippen LogP contribution in [0.1, 0.15) is 54.3 Å². The van der Waals surface area contributed by atoms with Gasteiger partial charge < -0.3 is 20.9 Å². The van der Waals surface area contributed by atoms with Gasteiger partial charge in [-0.15, -0.1) is 0 Å². The lowest BCUT2D eigenvalue weighted by Gasteiger charge is -2.29. The number of rotatable bonds is 11. The van der Waals surface area contributed by atoms with E-state index in [9.17, 15) is 9.90 Å². The Hall–Kier alpha value is -2.73. The third-order valence-corrected chi connectivity index (χ3v) is 6.29. The number of hydrogen-bond acceptors (Lipinski definition) is 4. The second kappa shape index (κ2) is 10.0. The van der Waals surface area contributed by atoms with Gasteiger partial charge in [0.1, 0.15) is 0 Å². The molecule has 33 heavy (non-hydrogen) atoms. The highest BCUT2D eigenvalue weighted by Crippen LogP contribution is 2.43. The largest absolute Gasteiger partial charge is 0.389 e. The molecule has 0 heterocycles. The first-order valence-electron chi connectivity index (χ1n) is 11.7. The van der Waals surface area contributed by atoms with Crippen molar-refractivity contribution in [2.75, 3.05) is 13.2 Å². The molecule has 1 aliphatic carbocycles. The molecule has 5 nitrogen and oxygen atoms in total. The number of fused-ring (bicyclic) bond motifs is 1. The molecule has 3 aromatic rings. The predicted octanol–water partition coefficient (Wildman–Crippen LogP) is 4.38. The van der Waals surface area contributed by atoms with E-state index in [0.717, 1.165) is 24.8 Å². The highest BCUT2D eigenvalue weighted by Gasteiger charge is 2.34. The summed E-state index contributed by atoms with van der Waals surface area (Å²) >= 11 is 0. The molecule has 0 aliphatic heterocycles. The monoisotopic (exact) mass is 446 g/mol. The summed E-state index contributed by atoms with van der Waals surface area (Å²) in [5, 5.41) is 16.6. The number of benzene rings is 3. The van der Waals surface area contributed by atoms with Crippen molar-refractivity contribution < 1.29 is 14.6 Å². The van der Waals surface area contributed by atoms with Crippen LogP contribution in [0.4, 0.5) is 0 Å². The minimum Gasteiger partial charge on any atom is -0.389 e. The minimum absolute atomic E-state index is 0.121. The number of nitrogens with two attached hydrogens (primary N) is 1. The zero-order valence-electron chi connectivity index (χ0n) is 19.5. The van der Waals surface area contributed by atoms with E-state index in [0.29, 0.717) is 18.0 Å². The number of β-amino-alcohol motifs (C(OH)–C–C–N with tert-alkyl or cyclic N) is 1. The molecule has 1 fully saturated rings. The zero-order valence-corrected chi connectivity index (χ0v) is 19.5. The van der Waals surface area contributed by atoms with Crippen molar-refractivity contribution in [3.8, 4) is 0 Å². The Kier molecular flexibility index (Phi) is 7.13. The Labute approximate surface area is 196 Å². The van der Waals surface area contributed by atoms with Crippen LogP contribution < -0.4 is 11.1 Å². The van der Waals surface area contributed by atoms with Crippen LogP contribution in [0.3, 0.4) is 0 Å². The van der Waals surface area contributed by atoms with Crippen molar-refractivity contribution in [3.63, 3.8) is 0 Å². The van der Waals surface area contributed by atoms with Gasteiger partial charge in [-0.1, -0.05) is 54.6 Å². The average molecular weight is 447 g/mol. The summed E-state index contributed by atoms with van der Waals surface area (Å²) in [4.78, 5) is 11.5. The van der Waals surface area contributed by atoms with Crippen molar-refractivity contribution in [2.24, 2.45) is 11.7 Å². The Morgan fingerprint density at radius 3 is 2.58 bits per heavy atom. The number of ether oxygens (including phenoxy) is 1. The minimum atomic E-state index is -0.624. The van der Waals surface area contributed by atoms with E-state index >= 15 is 0 Å². The molecule has 0 bridgehead atoms. The van der Waals surface area contributed by atoms with Gasteiger partial charge in [0.2, 0.25) is 5.91 Å². The Bertz CT molecular complexity index is 1110. The van der Waals surface area contributed by atoms with E-state index in [2.05, 4.69) is 61.6 Å². The number of primary amides is 1. The van der Waals surface area contributed by atoms with Gasteiger partial charge in [-0.2, -0.15) is 0 Å². The predicted molar refractivity (Wildman–Crippen MR) is 132 cm³/mol. The van der Waals surface area contributed by atoms with Gasteiger partial charge in [0, 0.05) is 17.6 Å². The molecule has 1 saturated carbocycles. The Balaban J connectivity index is 1.30. The van der Waals surface area contributed by atoms with E-state index in [1.165, 1.54) is 16.3 Å². The molecule has 0 aromatic heterocycles. The van der Waals surface area contributed by atoms with Crippen molar-refractivity contribution in [1.29, 1.82) is 0 Å². The highest BCUT2D eigenvalue weighted by atomic mass is 16.5. The van der Waals surface area contributed by atoms with E-state index in [4.69, 9.17) is 10.5 Å². The normalized spacial score (nSPS) is 16.0. The quantitative estimate of drug-likeness (QED) is 0.408. The van der Waals surface area contributed by atoms with Crippen molar-refractivity contribution in [3.05, 3.63) is 83.4 Å². The lowest BCUT2D eigenvalue weighted by atomic mass is 9.93. The lowest BCUT2D eigenvalue weighted by molar-refractivity contribution is -0.0211. The fourth-order valence-electron chi connectivity index (χ4n) is 4.36. The maximum Gasteiger partial charge on any atom is 0.248 e. The first kappa shape index (κ1) is 23.4. The van der Waals surface area contributed by atoms with Crippen LogP contribution in [-0.2, 0) is 11.2 Å². The molecule has 4 rings (SSSR count). The number of amides is 1. The number of nitrogens with one attached hydrogen (secondary N) is 1. The molecular weight excluding hydrogens is 412 g/mol. The Morgan fingerprint density at radius 1 is 1.09 bits per heavy atom. The maximum atomic E-state index is 11.5. The topological polar surface area (TPSA) is 84.6 Å². The maximum absolute atomic E-state index is 11.5. The molecule has 174 valence electrons. The molecule has 1 unspecified atom stereocenters. The standard InChI is InChI=1S/C28H34N2O3/c1-28(2,16-19-10-11-20-6-3-4-7-22(20)14-19)30-17-25(31)18-33-26(21-12-13-21)23-8-5-9-24(15-23)27(29)32/h3-11,14-15,21,25-26,30-31H,12-13,16-18H2,1-2H3,(H2,29,32)/t25-,26?/m1/s1. The Morgan fingerprint density at radius 2 is 1.85 bits per heavy atom. The molecule has 0 spiro atoms. The van der Waals surface area contributed by atoms with E-state index in [1.54, 1.807) is 6.07 Å². The summed E-state index contributed by atoms with van der Waals surface area (Å²) < 4.78 is 6.14. The third kappa shape index (κ3) is 6.41. The second-order valence-corrected chi connectivity index (χ2v) is 9.86. The van der Waals surface area contributed by atoms with Crippen LogP contribution in [-0.4, -0.2) is 35.8 Å². The molecule has 2 atom stereocenters. The van der Waals surface area contributed by atoms with Crippen molar-refractivity contribution >= 4 is 16.7 Å². The van der Waals surface area contributed by atoms with E-state index in [-0.39, 0.29) is 18.2 Å². The molecule has 1 aliphatic rings. The van der Waals surface area contributed by atoms with Crippen LogP contribution in [0.5, 0.6) is 0 Å². The smallest absolute Gasteiger partial charge is 0.248 e. The number of aliphatic hydroxyl groups excluding tert-OH is 1. The fraction of sp³-hybridized carbons (Fsp3) is 0.393. The highest BCUT2D eigenvalue weighted by molar-refractivity contribution is 5.92. The van der Waals surface area contributed by atoms with Crippen LogP contribution in [0.15, 0.2) is 66.7 Å². The molecular formula is C28H34N2O3. The number of carbonyl (C=O) groups excluding carboxylic acids is 1. The van der Waals surface area contributed by atoms with Crippen LogP contribution in [0.2, 0.25) is 0 Å². The first-order valence-corrected chi connectivity index (χ1v) is 11.7. The van der Waals surface area contributed by atoms with Gasteiger partial charge in [-0.05, 0) is 73.1 Å². The molecule has 3 aromatic carbocycles. The SMILES string of the molecule is CC(C)(Cc1ccc2ccccc2c1)NC[C@@H](O)COC(c1cccc(C(N)=O)c1)C1CC1. The summed E-state index contributed by atoms with van der Waals surface area (Å²) in [5.41, 5.74) is 7.96. The van der Waals surface area contributed by atoms with Crippen molar-refractivity contribution in [1.82, 2.24) is 5.32 Å². The molecule has 1 amide bonds. The third-order valence-electron chi connectivity index (χ3n) is 6.29. The zero-order chi connectivity index (χ0) is 23.4. The molecule has 0 saturated heterocycles. The summed E-state index contributed by atoms with van der Waals surface area (Å²) in [6, 6.07) is 22.3. The number of carbonyl (C=O) groups is 1.